The topological polar surface area (TPSA) is 45.8 Å². The predicted octanol–water partition coefficient (Wildman–Crippen LogP) is 2.96. The average Bonchev–Trinajstić information content (AvgIpc) is 2.89. The van der Waals surface area contributed by atoms with Gasteiger partial charge in [-0.25, -0.2) is 4.98 Å². The molecule has 0 radical (unpaired) electrons. The molecule has 1 heterocycles. The number of hydrogen-bond donors (Lipinski definition) is 1. The molecule has 1 aliphatic rings. The zero-order valence-corrected chi connectivity index (χ0v) is 10.4. The molecular weight excluding hydrogens is 224 g/mol. The van der Waals surface area contributed by atoms with Gasteiger partial charge in [0.05, 0.1) is 12.0 Å². The first-order valence-electron chi connectivity index (χ1n) is 6.36. The minimum Gasteiger partial charge on any atom is -0.351 e. The first-order valence-corrected chi connectivity index (χ1v) is 6.36. The van der Waals surface area contributed by atoms with Gasteiger partial charge >= 0.3 is 0 Å². The van der Waals surface area contributed by atoms with Crippen molar-refractivity contribution < 1.29 is 4.79 Å². The number of carbonyl (C=O) groups is 1. The molecule has 3 rings (SSSR count). The van der Waals surface area contributed by atoms with E-state index in [1.807, 2.05) is 24.4 Å². The summed E-state index contributed by atoms with van der Waals surface area (Å²) < 4.78 is 0. The fourth-order valence-electron chi connectivity index (χ4n) is 2.86. The van der Waals surface area contributed by atoms with E-state index in [0.717, 1.165) is 24.1 Å². The van der Waals surface area contributed by atoms with Crippen LogP contribution >= 0.6 is 0 Å². The van der Waals surface area contributed by atoms with E-state index >= 15 is 0 Å². The zero-order valence-electron chi connectivity index (χ0n) is 10.4. The lowest BCUT2D eigenvalue weighted by molar-refractivity contribution is 0.0892. The predicted molar refractivity (Wildman–Crippen MR) is 69.6 cm³/mol. The maximum absolute atomic E-state index is 12.5. The third kappa shape index (κ3) is 1.86. The van der Waals surface area contributed by atoms with Gasteiger partial charge < -0.3 is 4.98 Å². The van der Waals surface area contributed by atoms with E-state index in [-0.39, 0.29) is 11.7 Å². The van der Waals surface area contributed by atoms with Crippen molar-refractivity contribution in [3.05, 3.63) is 53.6 Å². The van der Waals surface area contributed by atoms with E-state index in [1.54, 1.807) is 6.33 Å². The van der Waals surface area contributed by atoms with E-state index in [1.165, 1.54) is 5.56 Å². The van der Waals surface area contributed by atoms with Crippen LogP contribution in [0.5, 0.6) is 0 Å². The van der Waals surface area contributed by atoms with Gasteiger partial charge in [-0.2, -0.15) is 0 Å². The number of Topliss-reactive ketones (excluding diaryl/α,β-unsaturated/α-hetero) is 1. The number of ketones is 1. The Morgan fingerprint density at radius 2 is 2.22 bits per heavy atom. The van der Waals surface area contributed by atoms with Crippen molar-refractivity contribution in [1.29, 1.82) is 0 Å². The Bertz CT molecular complexity index is 560. The molecule has 0 saturated carbocycles. The van der Waals surface area contributed by atoms with Crippen LogP contribution in [-0.2, 0) is 6.42 Å². The van der Waals surface area contributed by atoms with E-state index < -0.39 is 0 Å². The molecule has 0 bridgehead atoms. The summed E-state index contributed by atoms with van der Waals surface area (Å²) in [6.45, 7) is 2.20. The summed E-state index contributed by atoms with van der Waals surface area (Å²) in [4.78, 5) is 19.6. The number of nitrogens with one attached hydrogen (secondary N) is 1. The summed E-state index contributed by atoms with van der Waals surface area (Å²) in [5.74, 6) is 0.785. The van der Waals surface area contributed by atoms with Gasteiger partial charge in [0, 0.05) is 24.1 Å². The number of nitrogens with zero attached hydrogens (tertiary/aromatic N) is 1. The zero-order chi connectivity index (χ0) is 12.5. The number of hydrogen-bond acceptors (Lipinski definition) is 2. The molecule has 1 N–H and O–H groups in total. The number of benzene rings is 1. The van der Waals surface area contributed by atoms with Crippen molar-refractivity contribution in [2.45, 2.75) is 25.7 Å². The molecular formula is C15H16N2O. The Morgan fingerprint density at radius 3 is 3.00 bits per heavy atom. The fraction of sp³-hybridized carbons (Fsp3) is 0.333. The molecule has 2 atom stereocenters. The van der Waals surface area contributed by atoms with Gasteiger partial charge in [0.25, 0.3) is 0 Å². The van der Waals surface area contributed by atoms with Crippen LogP contribution < -0.4 is 0 Å². The maximum Gasteiger partial charge on any atom is 0.166 e. The van der Waals surface area contributed by atoms with E-state index in [9.17, 15) is 4.79 Å². The highest BCUT2D eigenvalue weighted by molar-refractivity contribution is 6.00. The van der Waals surface area contributed by atoms with Crippen LogP contribution in [0.25, 0.3) is 0 Å². The largest absolute Gasteiger partial charge is 0.351 e. The monoisotopic (exact) mass is 240 g/mol. The summed E-state index contributed by atoms with van der Waals surface area (Å²) in [6, 6.07) is 7.98. The smallest absolute Gasteiger partial charge is 0.166 e. The van der Waals surface area contributed by atoms with Gasteiger partial charge in [-0.05, 0) is 17.9 Å². The van der Waals surface area contributed by atoms with Crippen molar-refractivity contribution >= 4 is 5.78 Å². The molecule has 92 valence electrons. The number of rotatable bonds is 2. The second kappa shape index (κ2) is 4.41. The van der Waals surface area contributed by atoms with Crippen LogP contribution in [0.1, 0.15) is 40.9 Å². The summed E-state index contributed by atoms with van der Waals surface area (Å²) in [6.07, 6.45) is 5.20. The molecule has 18 heavy (non-hydrogen) atoms. The normalized spacial score (nSPS) is 22.8. The van der Waals surface area contributed by atoms with Crippen molar-refractivity contribution in [2.75, 3.05) is 0 Å². The van der Waals surface area contributed by atoms with Gasteiger partial charge in [0.15, 0.2) is 5.78 Å². The second-order valence-corrected chi connectivity index (χ2v) is 5.05. The Labute approximate surface area is 106 Å². The molecule has 3 nitrogen and oxygen atoms in total. The number of imidazole rings is 1. The van der Waals surface area contributed by atoms with Crippen LogP contribution in [0.15, 0.2) is 36.8 Å². The highest BCUT2D eigenvalue weighted by atomic mass is 16.1. The average molecular weight is 240 g/mol. The molecule has 1 aromatic heterocycles. The highest BCUT2D eigenvalue weighted by Crippen LogP contribution is 2.35. The SMILES string of the molecule is CC1CC(Cc2c[nH]cn2)C(=O)c2ccccc21. The minimum atomic E-state index is 0.0678. The van der Waals surface area contributed by atoms with Gasteiger partial charge in [-0.1, -0.05) is 31.2 Å². The Kier molecular flexibility index (Phi) is 2.74. The molecule has 3 heteroatoms. The quantitative estimate of drug-likeness (QED) is 0.877. The summed E-state index contributed by atoms with van der Waals surface area (Å²) in [5.41, 5.74) is 3.07. The van der Waals surface area contributed by atoms with Crippen LogP contribution in [0.3, 0.4) is 0 Å². The number of H-pyrrole nitrogens is 1. The Morgan fingerprint density at radius 1 is 1.39 bits per heavy atom. The van der Waals surface area contributed by atoms with Crippen LogP contribution in [0.4, 0.5) is 0 Å². The van der Waals surface area contributed by atoms with Crippen molar-refractivity contribution in [3.63, 3.8) is 0 Å². The van der Waals surface area contributed by atoms with Gasteiger partial charge in [0.1, 0.15) is 0 Å². The van der Waals surface area contributed by atoms with E-state index in [4.69, 9.17) is 0 Å². The molecule has 2 aromatic rings. The molecule has 0 fully saturated rings. The van der Waals surface area contributed by atoms with Crippen molar-refractivity contribution in [3.8, 4) is 0 Å². The molecule has 0 spiro atoms. The van der Waals surface area contributed by atoms with E-state index in [2.05, 4.69) is 23.0 Å². The number of aromatic amines is 1. The summed E-state index contributed by atoms with van der Waals surface area (Å²) in [7, 11) is 0. The van der Waals surface area contributed by atoms with Gasteiger partial charge in [-0.15, -0.1) is 0 Å². The molecule has 0 saturated heterocycles. The molecule has 0 amide bonds. The second-order valence-electron chi connectivity index (χ2n) is 5.05. The third-order valence-corrected chi connectivity index (χ3v) is 3.78. The van der Waals surface area contributed by atoms with Gasteiger partial charge in [0.2, 0.25) is 0 Å². The molecule has 2 unspecified atom stereocenters. The van der Waals surface area contributed by atoms with Crippen LogP contribution in [0.2, 0.25) is 0 Å². The van der Waals surface area contributed by atoms with E-state index in [0.29, 0.717) is 5.92 Å². The summed E-state index contributed by atoms with van der Waals surface area (Å²) >= 11 is 0. The highest BCUT2D eigenvalue weighted by Gasteiger charge is 2.31. The van der Waals surface area contributed by atoms with Crippen molar-refractivity contribution in [2.24, 2.45) is 5.92 Å². The van der Waals surface area contributed by atoms with Crippen LogP contribution in [0, 0.1) is 5.92 Å². The molecule has 0 aliphatic heterocycles. The first kappa shape index (κ1) is 11.2. The van der Waals surface area contributed by atoms with Gasteiger partial charge in [-0.3, -0.25) is 4.79 Å². The Hall–Kier alpha value is -1.90. The number of carbonyl (C=O) groups excluding carboxylic acids is 1. The number of fused-ring (bicyclic) bond motifs is 1. The molecule has 1 aromatic carbocycles. The molecule has 1 aliphatic carbocycles. The fourth-order valence-corrected chi connectivity index (χ4v) is 2.86. The third-order valence-electron chi connectivity index (χ3n) is 3.78. The standard InChI is InChI=1S/C15H16N2O/c1-10-6-11(7-12-8-16-9-17-12)15(18)14-5-3-2-4-13(10)14/h2-5,8-11H,6-7H2,1H3,(H,16,17). The lowest BCUT2D eigenvalue weighted by atomic mass is 9.75. The Balaban J connectivity index is 1.90. The minimum absolute atomic E-state index is 0.0678. The number of aromatic nitrogens is 2. The maximum atomic E-state index is 12.5. The summed E-state index contributed by atoms with van der Waals surface area (Å²) in [5, 5.41) is 0. The van der Waals surface area contributed by atoms with Crippen LogP contribution in [-0.4, -0.2) is 15.8 Å². The first-order chi connectivity index (χ1) is 8.75. The lowest BCUT2D eigenvalue weighted by Crippen LogP contribution is -2.26. The van der Waals surface area contributed by atoms with Crippen molar-refractivity contribution in [1.82, 2.24) is 9.97 Å². The lowest BCUT2D eigenvalue weighted by Gasteiger charge is -2.27.